The molecule has 1 fully saturated rings. The van der Waals surface area contributed by atoms with Crippen molar-refractivity contribution in [1.82, 2.24) is 15.5 Å². The lowest BCUT2D eigenvalue weighted by atomic mass is 10.1. The normalized spacial score (nSPS) is 18.4. The van der Waals surface area contributed by atoms with Crippen LogP contribution in [0.25, 0.3) is 0 Å². The van der Waals surface area contributed by atoms with Crippen molar-refractivity contribution in [2.45, 2.75) is 19.9 Å². The van der Waals surface area contributed by atoms with Gasteiger partial charge in [0, 0.05) is 36.8 Å². The predicted molar refractivity (Wildman–Crippen MR) is 82.6 cm³/mol. The number of benzene rings is 1. The van der Waals surface area contributed by atoms with Gasteiger partial charge in [-0.15, -0.1) is 0 Å². The molecule has 1 aromatic rings. The van der Waals surface area contributed by atoms with Crippen LogP contribution in [0, 0.1) is 6.92 Å². The van der Waals surface area contributed by atoms with Gasteiger partial charge in [0.25, 0.3) is 5.91 Å². The maximum Gasteiger partial charge on any atom is 0.254 e. The second-order valence-corrected chi connectivity index (χ2v) is 5.57. The summed E-state index contributed by atoms with van der Waals surface area (Å²) in [4.78, 5) is 26.4. The highest BCUT2D eigenvalue weighted by atomic mass is 35.5. The second kappa shape index (κ2) is 6.91. The van der Waals surface area contributed by atoms with Crippen molar-refractivity contribution in [1.29, 1.82) is 0 Å². The van der Waals surface area contributed by atoms with Crippen LogP contribution in [-0.4, -0.2) is 48.9 Å². The summed E-state index contributed by atoms with van der Waals surface area (Å²) in [6.07, 6.45) is 0. The highest BCUT2D eigenvalue weighted by Gasteiger charge is 2.32. The third-order valence-corrected chi connectivity index (χ3v) is 3.67. The molecule has 0 spiro atoms. The number of nitrogens with zero attached hydrogens (tertiary/aromatic N) is 1. The molecule has 1 aromatic carbocycles. The molecule has 2 amide bonds. The van der Waals surface area contributed by atoms with Gasteiger partial charge in [0.05, 0.1) is 0 Å². The first-order chi connectivity index (χ1) is 10.0. The first-order valence-corrected chi connectivity index (χ1v) is 7.47. The number of rotatable bonds is 3. The molecule has 5 nitrogen and oxygen atoms in total. The SMILES string of the molecule is CCNC(=O)C1CNCCN1C(=O)c1cc(C)cc(Cl)c1. The summed E-state index contributed by atoms with van der Waals surface area (Å²) in [5.41, 5.74) is 1.45. The zero-order chi connectivity index (χ0) is 15.4. The summed E-state index contributed by atoms with van der Waals surface area (Å²) in [5, 5.41) is 6.46. The molecule has 0 bridgehead atoms. The minimum absolute atomic E-state index is 0.128. The summed E-state index contributed by atoms with van der Waals surface area (Å²) in [6, 6.07) is 4.77. The van der Waals surface area contributed by atoms with Crippen LogP contribution in [0.2, 0.25) is 5.02 Å². The number of hydrogen-bond acceptors (Lipinski definition) is 3. The lowest BCUT2D eigenvalue weighted by Crippen LogP contribution is -2.59. The molecule has 0 aromatic heterocycles. The van der Waals surface area contributed by atoms with E-state index < -0.39 is 6.04 Å². The Labute approximate surface area is 129 Å². The number of hydrogen-bond donors (Lipinski definition) is 2. The molecule has 21 heavy (non-hydrogen) atoms. The Morgan fingerprint density at radius 2 is 2.19 bits per heavy atom. The zero-order valence-electron chi connectivity index (χ0n) is 12.3. The topological polar surface area (TPSA) is 61.4 Å². The quantitative estimate of drug-likeness (QED) is 0.882. The van der Waals surface area contributed by atoms with E-state index in [0.29, 0.717) is 36.8 Å². The number of carbonyl (C=O) groups excluding carboxylic acids is 2. The highest BCUT2D eigenvalue weighted by Crippen LogP contribution is 2.18. The molecule has 2 N–H and O–H groups in total. The largest absolute Gasteiger partial charge is 0.355 e. The molecule has 1 unspecified atom stereocenters. The van der Waals surface area contributed by atoms with Gasteiger partial charge in [-0.1, -0.05) is 11.6 Å². The minimum Gasteiger partial charge on any atom is -0.355 e. The van der Waals surface area contributed by atoms with E-state index in [-0.39, 0.29) is 11.8 Å². The minimum atomic E-state index is -0.481. The van der Waals surface area contributed by atoms with Gasteiger partial charge in [0.1, 0.15) is 6.04 Å². The van der Waals surface area contributed by atoms with Crippen molar-refractivity contribution in [3.05, 3.63) is 34.3 Å². The number of piperazine rings is 1. The standard InChI is InChI=1S/C15H20ClN3O2/c1-3-18-14(20)13-9-17-4-5-19(13)15(21)11-6-10(2)7-12(16)8-11/h6-8,13,17H,3-5,9H2,1-2H3,(H,18,20). The second-order valence-electron chi connectivity index (χ2n) is 5.13. The summed E-state index contributed by atoms with van der Waals surface area (Å²) < 4.78 is 0. The maximum atomic E-state index is 12.7. The van der Waals surface area contributed by atoms with Gasteiger partial charge in [-0.2, -0.15) is 0 Å². The Morgan fingerprint density at radius 3 is 2.86 bits per heavy atom. The average molecular weight is 310 g/mol. The number of nitrogens with one attached hydrogen (secondary N) is 2. The Balaban J connectivity index is 2.24. The first-order valence-electron chi connectivity index (χ1n) is 7.09. The molecule has 1 atom stereocenters. The number of carbonyl (C=O) groups is 2. The van der Waals surface area contributed by atoms with E-state index in [1.807, 2.05) is 13.8 Å². The molecular formula is C15H20ClN3O2. The Hall–Kier alpha value is -1.59. The third kappa shape index (κ3) is 3.74. The molecule has 0 saturated carbocycles. The van der Waals surface area contributed by atoms with Crippen molar-refractivity contribution in [2.24, 2.45) is 0 Å². The predicted octanol–water partition coefficient (Wildman–Crippen LogP) is 1.20. The van der Waals surface area contributed by atoms with Gasteiger partial charge >= 0.3 is 0 Å². The molecule has 2 rings (SSSR count). The number of likely N-dealkylation sites (N-methyl/N-ethyl adjacent to an activating group) is 1. The van der Waals surface area contributed by atoms with Crippen molar-refractivity contribution >= 4 is 23.4 Å². The van der Waals surface area contributed by atoms with E-state index in [0.717, 1.165) is 5.56 Å². The van der Waals surface area contributed by atoms with E-state index in [4.69, 9.17) is 11.6 Å². The Bertz CT molecular complexity index is 527. The van der Waals surface area contributed by atoms with Gasteiger partial charge in [-0.25, -0.2) is 0 Å². The van der Waals surface area contributed by atoms with Crippen LogP contribution < -0.4 is 10.6 Å². The van der Waals surface area contributed by atoms with Crippen LogP contribution in [-0.2, 0) is 4.79 Å². The van der Waals surface area contributed by atoms with E-state index in [1.165, 1.54) is 0 Å². The lowest BCUT2D eigenvalue weighted by molar-refractivity contribution is -0.126. The van der Waals surface area contributed by atoms with E-state index in [2.05, 4.69) is 10.6 Å². The summed E-state index contributed by atoms with van der Waals surface area (Å²) >= 11 is 6.02. The van der Waals surface area contributed by atoms with Crippen molar-refractivity contribution in [3.63, 3.8) is 0 Å². The average Bonchev–Trinajstić information content (AvgIpc) is 2.45. The molecule has 114 valence electrons. The molecule has 1 heterocycles. The van der Waals surface area contributed by atoms with Gasteiger partial charge in [0.15, 0.2) is 0 Å². The van der Waals surface area contributed by atoms with E-state index >= 15 is 0 Å². The van der Waals surface area contributed by atoms with Crippen LogP contribution in [0.5, 0.6) is 0 Å². The van der Waals surface area contributed by atoms with Gasteiger partial charge in [-0.05, 0) is 37.6 Å². The van der Waals surface area contributed by atoms with Crippen LogP contribution in [0.4, 0.5) is 0 Å². The summed E-state index contributed by atoms with van der Waals surface area (Å²) in [7, 11) is 0. The Kier molecular flexibility index (Phi) is 5.20. The van der Waals surface area contributed by atoms with E-state index in [1.54, 1.807) is 23.1 Å². The Morgan fingerprint density at radius 1 is 1.43 bits per heavy atom. The fourth-order valence-electron chi connectivity index (χ4n) is 2.50. The number of amides is 2. The molecule has 1 aliphatic rings. The monoisotopic (exact) mass is 309 g/mol. The molecular weight excluding hydrogens is 290 g/mol. The third-order valence-electron chi connectivity index (χ3n) is 3.45. The number of halogens is 1. The molecule has 0 radical (unpaired) electrons. The smallest absolute Gasteiger partial charge is 0.254 e. The zero-order valence-corrected chi connectivity index (χ0v) is 13.0. The van der Waals surface area contributed by atoms with Crippen LogP contribution >= 0.6 is 11.6 Å². The molecule has 6 heteroatoms. The van der Waals surface area contributed by atoms with Crippen molar-refractivity contribution in [3.8, 4) is 0 Å². The van der Waals surface area contributed by atoms with Crippen molar-refractivity contribution < 1.29 is 9.59 Å². The van der Waals surface area contributed by atoms with Gasteiger partial charge in [-0.3, -0.25) is 9.59 Å². The fourth-order valence-corrected chi connectivity index (χ4v) is 2.79. The molecule has 0 aliphatic carbocycles. The maximum absolute atomic E-state index is 12.7. The summed E-state index contributed by atoms with van der Waals surface area (Å²) in [6.45, 7) is 5.96. The van der Waals surface area contributed by atoms with E-state index in [9.17, 15) is 9.59 Å². The van der Waals surface area contributed by atoms with Crippen LogP contribution in [0.1, 0.15) is 22.8 Å². The van der Waals surface area contributed by atoms with Crippen LogP contribution in [0.15, 0.2) is 18.2 Å². The molecule has 1 aliphatic heterocycles. The summed E-state index contributed by atoms with van der Waals surface area (Å²) in [5.74, 6) is -0.282. The van der Waals surface area contributed by atoms with Crippen LogP contribution in [0.3, 0.4) is 0 Å². The molecule has 1 saturated heterocycles. The highest BCUT2D eigenvalue weighted by molar-refractivity contribution is 6.31. The van der Waals surface area contributed by atoms with Crippen molar-refractivity contribution in [2.75, 3.05) is 26.2 Å². The van der Waals surface area contributed by atoms with Gasteiger partial charge in [0.2, 0.25) is 5.91 Å². The number of aryl methyl sites for hydroxylation is 1. The van der Waals surface area contributed by atoms with Gasteiger partial charge < -0.3 is 15.5 Å². The lowest BCUT2D eigenvalue weighted by Gasteiger charge is -2.35. The first kappa shape index (κ1) is 15.8. The fraction of sp³-hybridized carbons (Fsp3) is 0.467.